The molecule has 7 heteroatoms. The van der Waals surface area contributed by atoms with Crippen LogP contribution in [0, 0.1) is 0 Å². The topological polar surface area (TPSA) is 54.9 Å². The predicted molar refractivity (Wildman–Crippen MR) is 121 cm³/mol. The first-order valence-electron chi connectivity index (χ1n) is 10.6. The summed E-state index contributed by atoms with van der Waals surface area (Å²) in [5.74, 6) is 1.45. The Hall–Kier alpha value is -2.38. The first-order chi connectivity index (χ1) is 14.6. The van der Waals surface area contributed by atoms with Crippen LogP contribution in [0.5, 0.6) is 11.5 Å². The molecule has 0 radical (unpaired) electrons. The third-order valence-electron chi connectivity index (χ3n) is 5.04. The van der Waals surface area contributed by atoms with E-state index in [9.17, 15) is 4.79 Å². The fraction of sp³-hybridized carbons (Fsp3) is 0.478. The first kappa shape index (κ1) is 22.3. The van der Waals surface area contributed by atoms with Crippen LogP contribution in [0.3, 0.4) is 0 Å². The Labute approximate surface area is 183 Å². The van der Waals surface area contributed by atoms with Gasteiger partial charge in [0.2, 0.25) is 5.91 Å². The lowest BCUT2D eigenvalue weighted by Gasteiger charge is -2.33. The maximum atomic E-state index is 12.6. The summed E-state index contributed by atoms with van der Waals surface area (Å²) in [5.41, 5.74) is 2.05. The molecule has 1 aromatic carbocycles. The summed E-state index contributed by atoms with van der Waals surface area (Å²) in [6.45, 7) is 8.92. The van der Waals surface area contributed by atoms with E-state index in [0.29, 0.717) is 12.4 Å². The van der Waals surface area contributed by atoms with Crippen molar-refractivity contribution in [1.82, 2.24) is 14.8 Å². The molecule has 1 amide bonds. The molecule has 30 heavy (non-hydrogen) atoms. The fourth-order valence-electron chi connectivity index (χ4n) is 3.33. The van der Waals surface area contributed by atoms with Gasteiger partial charge in [-0.3, -0.25) is 9.69 Å². The van der Waals surface area contributed by atoms with Crippen molar-refractivity contribution >= 4 is 23.3 Å². The number of aromatic nitrogens is 1. The average molecular weight is 430 g/mol. The highest BCUT2D eigenvalue weighted by Crippen LogP contribution is 2.28. The van der Waals surface area contributed by atoms with Gasteiger partial charge in [-0.2, -0.15) is 0 Å². The molecule has 0 atom stereocenters. The number of benzene rings is 1. The van der Waals surface area contributed by atoms with Crippen LogP contribution in [0.15, 0.2) is 29.7 Å². The molecule has 0 unspecified atom stereocenters. The highest BCUT2D eigenvalue weighted by atomic mass is 32.1. The predicted octanol–water partition coefficient (Wildman–Crippen LogP) is 3.86. The van der Waals surface area contributed by atoms with E-state index in [2.05, 4.69) is 29.1 Å². The van der Waals surface area contributed by atoms with E-state index >= 15 is 0 Å². The van der Waals surface area contributed by atoms with Crippen LogP contribution >= 0.6 is 11.3 Å². The molecular formula is C23H31N3O3S. The third kappa shape index (κ3) is 6.06. The summed E-state index contributed by atoms with van der Waals surface area (Å²) in [4.78, 5) is 21.5. The highest BCUT2D eigenvalue weighted by Gasteiger charge is 2.20. The molecule has 1 fully saturated rings. The van der Waals surface area contributed by atoms with Gasteiger partial charge in [-0.05, 0) is 36.6 Å². The minimum Gasteiger partial charge on any atom is -0.493 e. The summed E-state index contributed by atoms with van der Waals surface area (Å²) in [5, 5.41) is 3.33. The zero-order valence-corrected chi connectivity index (χ0v) is 18.9. The van der Waals surface area contributed by atoms with Crippen LogP contribution < -0.4 is 9.47 Å². The molecule has 1 aromatic heterocycles. The smallest absolute Gasteiger partial charge is 0.246 e. The molecule has 3 rings (SSSR count). The molecule has 0 aliphatic carbocycles. The Morgan fingerprint density at radius 3 is 2.67 bits per heavy atom. The zero-order valence-electron chi connectivity index (χ0n) is 18.1. The number of hydrogen-bond acceptors (Lipinski definition) is 6. The Morgan fingerprint density at radius 1 is 1.20 bits per heavy atom. The standard InChI is InChI=1S/C23H31N3O3S/c1-4-14-29-20-8-6-18(15-21(20)28-3)7-9-23(27)26-12-10-25(11-13-26)16-19-17-30-22(5-2)24-19/h6-9,15,17H,4-5,10-14,16H2,1-3H3. The van der Waals surface area contributed by atoms with Gasteiger partial charge >= 0.3 is 0 Å². The average Bonchev–Trinajstić information content (AvgIpc) is 3.24. The van der Waals surface area contributed by atoms with Gasteiger partial charge in [-0.15, -0.1) is 11.3 Å². The normalized spacial score (nSPS) is 15.0. The van der Waals surface area contributed by atoms with Crippen molar-refractivity contribution in [2.45, 2.75) is 33.2 Å². The molecule has 1 saturated heterocycles. The second kappa shape index (κ2) is 11.1. The molecule has 6 nitrogen and oxygen atoms in total. The molecule has 0 bridgehead atoms. The van der Waals surface area contributed by atoms with Gasteiger partial charge in [0.25, 0.3) is 0 Å². The number of methoxy groups -OCH3 is 1. The van der Waals surface area contributed by atoms with Crippen LogP contribution in [0.1, 0.15) is 36.5 Å². The van der Waals surface area contributed by atoms with Gasteiger partial charge in [0.15, 0.2) is 11.5 Å². The van der Waals surface area contributed by atoms with Crippen molar-refractivity contribution in [3.63, 3.8) is 0 Å². The van der Waals surface area contributed by atoms with E-state index in [1.807, 2.05) is 29.2 Å². The van der Waals surface area contributed by atoms with Crippen LogP contribution in [0.25, 0.3) is 6.08 Å². The van der Waals surface area contributed by atoms with Crippen LogP contribution in [-0.2, 0) is 17.8 Å². The van der Waals surface area contributed by atoms with E-state index < -0.39 is 0 Å². The van der Waals surface area contributed by atoms with Crippen molar-refractivity contribution in [2.24, 2.45) is 0 Å². The number of ether oxygens (including phenoxy) is 2. The molecule has 1 aliphatic heterocycles. The van der Waals surface area contributed by atoms with Crippen molar-refractivity contribution in [1.29, 1.82) is 0 Å². The lowest BCUT2D eigenvalue weighted by molar-refractivity contribution is -0.127. The number of piperazine rings is 1. The van der Waals surface area contributed by atoms with Crippen LogP contribution in [0.2, 0.25) is 0 Å². The minimum absolute atomic E-state index is 0.0434. The maximum absolute atomic E-state index is 12.6. The Morgan fingerprint density at radius 2 is 2.00 bits per heavy atom. The van der Waals surface area contributed by atoms with E-state index in [1.165, 1.54) is 5.01 Å². The molecule has 0 saturated carbocycles. The molecule has 162 valence electrons. The van der Waals surface area contributed by atoms with Gasteiger partial charge in [-0.1, -0.05) is 19.9 Å². The number of nitrogens with zero attached hydrogens (tertiary/aromatic N) is 3. The molecule has 0 N–H and O–H groups in total. The second-order valence-corrected chi connectivity index (χ2v) is 8.22. The summed E-state index contributed by atoms with van der Waals surface area (Å²) >= 11 is 1.73. The number of carbonyl (C=O) groups is 1. The molecular weight excluding hydrogens is 398 g/mol. The van der Waals surface area contributed by atoms with Crippen molar-refractivity contribution in [3.8, 4) is 11.5 Å². The highest BCUT2D eigenvalue weighted by molar-refractivity contribution is 7.09. The quantitative estimate of drug-likeness (QED) is 0.567. The largest absolute Gasteiger partial charge is 0.493 e. The number of carbonyl (C=O) groups excluding carboxylic acids is 1. The SMILES string of the molecule is CCCOc1ccc(C=CC(=O)N2CCN(Cc3csc(CC)n3)CC2)cc1OC. The summed E-state index contributed by atoms with van der Waals surface area (Å²) in [6, 6.07) is 5.72. The van der Waals surface area contributed by atoms with Crippen molar-refractivity contribution in [3.05, 3.63) is 45.9 Å². The summed E-state index contributed by atoms with van der Waals surface area (Å²) < 4.78 is 11.1. The van der Waals surface area contributed by atoms with E-state index in [1.54, 1.807) is 24.5 Å². The van der Waals surface area contributed by atoms with E-state index in [0.717, 1.165) is 62.6 Å². The molecule has 2 aromatic rings. The number of rotatable bonds is 9. The van der Waals surface area contributed by atoms with Crippen LogP contribution in [0.4, 0.5) is 0 Å². The third-order valence-corrected chi connectivity index (χ3v) is 6.08. The number of aryl methyl sites for hydroxylation is 1. The summed E-state index contributed by atoms with van der Waals surface area (Å²) in [7, 11) is 1.63. The van der Waals surface area contributed by atoms with Gasteiger partial charge in [0.05, 0.1) is 24.4 Å². The molecule has 0 spiro atoms. The monoisotopic (exact) mass is 429 g/mol. The number of hydrogen-bond donors (Lipinski definition) is 0. The lowest BCUT2D eigenvalue weighted by atomic mass is 10.2. The van der Waals surface area contributed by atoms with E-state index in [-0.39, 0.29) is 5.91 Å². The number of thiazole rings is 1. The lowest BCUT2D eigenvalue weighted by Crippen LogP contribution is -2.47. The maximum Gasteiger partial charge on any atom is 0.246 e. The fourth-order valence-corrected chi connectivity index (χ4v) is 4.07. The molecule has 2 heterocycles. The first-order valence-corrected chi connectivity index (χ1v) is 11.4. The van der Waals surface area contributed by atoms with E-state index in [4.69, 9.17) is 9.47 Å². The second-order valence-electron chi connectivity index (χ2n) is 7.28. The van der Waals surface area contributed by atoms with Gasteiger partial charge < -0.3 is 14.4 Å². The summed E-state index contributed by atoms with van der Waals surface area (Å²) in [6.07, 6.45) is 5.41. The van der Waals surface area contributed by atoms with Crippen molar-refractivity contribution < 1.29 is 14.3 Å². The minimum atomic E-state index is 0.0434. The van der Waals surface area contributed by atoms with Gasteiger partial charge in [-0.25, -0.2) is 4.98 Å². The number of amides is 1. The van der Waals surface area contributed by atoms with Crippen LogP contribution in [-0.4, -0.2) is 60.6 Å². The Bertz CT molecular complexity index is 857. The van der Waals surface area contributed by atoms with Crippen molar-refractivity contribution in [2.75, 3.05) is 39.9 Å². The van der Waals surface area contributed by atoms with Gasteiger partial charge in [0.1, 0.15) is 0 Å². The zero-order chi connectivity index (χ0) is 21.3. The Kier molecular flexibility index (Phi) is 8.28. The van der Waals surface area contributed by atoms with Gasteiger partial charge in [0, 0.05) is 44.2 Å². The molecule has 1 aliphatic rings. The Balaban J connectivity index is 1.51.